The molecule has 2 fully saturated rings. The maximum Gasteiger partial charge on any atom is 0.0251 e. The zero-order valence-corrected chi connectivity index (χ0v) is 12.6. The van der Waals surface area contributed by atoms with Crippen molar-refractivity contribution in [3.63, 3.8) is 0 Å². The van der Waals surface area contributed by atoms with E-state index in [2.05, 4.69) is 31.1 Å². The molecule has 3 unspecified atom stereocenters. The van der Waals surface area contributed by atoms with Gasteiger partial charge in [-0.15, -0.1) is 0 Å². The Kier molecular flexibility index (Phi) is 5.50. The van der Waals surface area contributed by atoms with Crippen LogP contribution in [-0.4, -0.2) is 36.6 Å². The lowest BCUT2D eigenvalue weighted by Gasteiger charge is -2.47. The fourth-order valence-electron chi connectivity index (χ4n) is 3.68. The molecule has 0 aromatic rings. The minimum Gasteiger partial charge on any atom is -0.312 e. The monoisotopic (exact) mass is 252 g/mol. The highest BCUT2D eigenvalue weighted by molar-refractivity contribution is 4.93. The van der Waals surface area contributed by atoms with E-state index in [0.717, 1.165) is 24.0 Å². The molecule has 0 spiro atoms. The van der Waals surface area contributed by atoms with Crippen molar-refractivity contribution < 1.29 is 0 Å². The van der Waals surface area contributed by atoms with Crippen LogP contribution in [0.3, 0.4) is 0 Å². The molecular formula is C16H32N2. The van der Waals surface area contributed by atoms with E-state index in [0.29, 0.717) is 0 Å². The summed E-state index contributed by atoms with van der Waals surface area (Å²) in [5.74, 6) is 0.970. The Balaban J connectivity index is 1.93. The van der Waals surface area contributed by atoms with Crippen LogP contribution in [0.1, 0.15) is 65.2 Å². The third-order valence-electron chi connectivity index (χ3n) is 5.33. The summed E-state index contributed by atoms with van der Waals surface area (Å²) in [6.07, 6.45) is 11.2. The smallest absolute Gasteiger partial charge is 0.0251 e. The van der Waals surface area contributed by atoms with Gasteiger partial charge in [0.15, 0.2) is 0 Å². The summed E-state index contributed by atoms with van der Waals surface area (Å²) in [7, 11) is 2.38. The summed E-state index contributed by atoms with van der Waals surface area (Å²) in [5, 5.41) is 3.81. The van der Waals surface area contributed by atoms with Crippen molar-refractivity contribution in [2.45, 2.75) is 83.3 Å². The predicted molar refractivity (Wildman–Crippen MR) is 78.9 cm³/mol. The Bertz CT molecular complexity index is 237. The van der Waals surface area contributed by atoms with Gasteiger partial charge in [-0.2, -0.15) is 0 Å². The van der Waals surface area contributed by atoms with E-state index < -0.39 is 0 Å². The molecule has 0 radical (unpaired) electrons. The number of nitrogens with zero attached hydrogens (tertiary/aromatic N) is 1. The lowest BCUT2D eigenvalue weighted by Crippen LogP contribution is -2.56. The molecule has 1 N–H and O–H groups in total. The summed E-state index contributed by atoms with van der Waals surface area (Å²) < 4.78 is 0. The first kappa shape index (κ1) is 14.3. The van der Waals surface area contributed by atoms with Crippen molar-refractivity contribution in [2.24, 2.45) is 5.92 Å². The molecule has 0 saturated heterocycles. The van der Waals surface area contributed by atoms with Crippen LogP contribution in [0.2, 0.25) is 0 Å². The Morgan fingerprint density at radius 2 is 1.89 bits per heavy atom. The standard InChI is InChI=1S/C16H32N2/c1-4-11-17-15-10-9-13(5-2)12-16(15)18(3)14-7-6-8-14/h13-17H,4-12H2,1-3H3. The summed E-state index contributed by atoms with van der Waals surface area (Å²) >= 11 is 0. The molecule has 2 rings (SSSR count). The molecule has 2 aliphatic carbocycles. The molecule has 2 nitrogen and oxygen atoms in total. The summed E-state index contributed by atoms with van der Waals surface area (Å²) in [5.41, 5.74) is 0. The van der Waals surface area contributed by atoms with Gasteiger partial charge in [0.05, 0.1) is 0 Å². The van der Waals surface area contributed by atoms with Crippen LogP contribution in [0.15, 0.2) is 0 Å². The number of hydrogen-bond donors (Lipinski definition) is 1. The van der Waals surface area contributed by atoms with Gasteiger partial charge in [0.1, 0.15) is 0 Å². The third kappa shape index (κ3) is 3.27. The molecule has 2 heteroatoms. The molecule has 2 saturated carbocycles. The van der Waals surface area contributed by atoms with Crippen molar-refractivity contribution in [3.8, 4) is 0 Å². The Hall–Kier alpha value is -0.0800. The molecule has 0 aromatic heterocycles. The highest BCUT2D eigenvalue weighted by atomic mass is 15.2. The average Bonchev–Trinajstić information content (AvgIpc) is 2.34. The van der Waals surface area contributed by atoms with Crippen LogP contribution in [0, 0.1) is 5.92 Å². The second-order valence-electron chi connectivity index (χ2n) is 6.47. The number of likely N-dealkylation sites (N-methyl/N-ethyl adjacent to an activating group) is 1. The van der Waals surface area contributed by atoms with E-state index in [4.69, 9.17) is 0 Å². The molecular weight excluding hydrogens is 220 g/mol. The van der Waals surface area contributed by atoms with Crippen molar-refractivity contribution in [3.05, 3.63) is 0 Å². The van der Waals surface area contributed by atoms with Crippen LogP contribution in [0.25, 0.3) is 0 Å². The second-order valence-corrected chi connectivity index (χ2v) is 6.47. The van der Waals surface area contributed by atoms with Gasteiger partial charge in [0.25, 0.3) is 0 Å². The average molecular weight is 252 g/mol. The fourth-order valence-corrected chi connectivity index (χ4v) is 3.68. The second kappa shape index (κ2) is 6.91. The van der Waals surface area contributed by atoms with Gasteiger partial charge in [0.2, 0.25) is 0 Å². The van der Waals surface area contributed by atoms with E-state index in [9.17, 15) is 0 Å². The van der Waals surface area contributed by atoms with Crippen molar-refractivity contribution in [1.82, 2.24) is 10.2 Å². The number of hydrogen-bond acceptors (Lipinski definition) is 2. The molecule has 2 aliphatic rings. The molecule has 18 heavy (non-hydrogen) atoms. The van der Waals surface area contributed by atoms with Crippen molar-refractivity contribution >= 4 is 0 Å². The topological polar surface area (TPSA) is 15.3 Å². The summed E-state index contributed by atoms with van der Waals surface area (Å²) in [6, 6.07) is 2.43. The quantitative estimate of drug-likeness (QED) is 0.779. The Morgan fingerprint density at radius 3 is 2.44 bits per heavy atom. The van der Waals surface area contributed by atoms with Gasteiger partial charge in [0, 0.05) is 18.1 Å². The lowest BCUT2D eigenvalue weighted by atomic mass is 9.78. The molecule has 0 bridgehead atoms. The molecule has 0 aliphatic heterocycles. The van der Waals surface area contributed by atoms with Crippen LogP contribution in [0.5, 0.6) is 0 Å². The highest BCUT2D eigenvalue weighted by Crippen LogP contribution is 2.34. The first-order valence-corrected chi connectivity index (χ1v) is 8.21. The maximum atomic E-state index is 3.81. The SMILES string of the molecule is CCCNC1CCC(CC)CC1N(C)C1CCC1. The normalized spacial score (nSPS) is 33.7. The zero-order valence-electron chi connectivity index (χ0n) is 12.6. The van der Waals surface area contributed by atoms with Gasteiger partial charge in [-0.3, -0.25) is 4.90 Å². The van der Waals surface area contributed by atoms with E-state index in [1.165, 1.54) is 57.9 Å². The lowest BCUT2D eigenvalue weighted by molar-refractivity contribution is 0.0501. The van der Waals surface area contributed by atoms with Gasteiger partial charge >= 0.3 is 0 Å². The van der Waals surface area contributed by atoms with Crippen molar-refractivity contribution in [1.29, 1.82) is 0 Å². The van der Waals surface area contributed by atoms with Crippen LogP contribution >= 0.6 is 0 Å². The van der Waals surface area contributed by atoms with Gasteiger partial charge < -0.3 is 5.32 Å². The van der Waals surface area contributed by atoms with Crippen LogP contribution < -0.4 is 5.32 Å². The number of nitrogens with one attached hydrogen (secondary N) is 1. The fraction of sp³-hybridized carbons (Fsp3) is 1.00. The first-order valence-electron chi connectivity index (χ1n) is 8.21. The van der Waals surface area contributed by atoms with E-state index in [1.54, 1.807) is 0 Å². The number of rotatable bonds is 6. The van der Waals surface area contributed by atoms with Crippen LogP contribution in [-0.2, 0) is 0 Å². The van der Waals surface area contributed by atoms with Gasteiger partial charge in [-0.25, -0.2) is 0 Å². The largest absolute Gasteiger partial charge is 0.312 e. The summed E-state index contributed by atoms with van der Waals surface area (Å²) in [6.45, 7) is 5.83. The molecule has 3 atom stereocenters. The Morgan fingerprint density at radius 1 is 1.11 bits per heavy atom. The zero-order chi connectivity index (χ0) is 13.0. The highest BCUT2D eigenvalue weighted by Gasteiger charge is 2.36. The van der Waals surface area contributed by atoms with E-state index >= 15 is 0 Å². The summed E-state index contributed by atoms with van der Waals surface area (Å²) in [4.78, 5) is 2.72. The van der Waals surface area contributed by atoms with Crippen LogP contribution in [0.4, 0.5) is 0 Å². The van der Waals surface area contributed by atoms with Crippen molar-refractivity contribution in [2.75, 3.05) is 13.6 Å². The maximum absolute atomic E-state index is 3.81. The molecule has 0 heterocycles. The van der Waals surface area contributed by atoms with Gasteiger partial charge in [-0.05, 0) is 58.0 Å². The minimum absolute atomic E-state index is 0.748. The van der Waals surface area contributed by atoms with Gasteiger partial charge in [-0.1, -0.05) is 26.7 Å². The van der Waals surface area contributed by atoms with E-state index in [1.807, 2.05) is 0 Å². The molecule has 0 aromatic carbocycles. The predicted octanol–water partition coefficient (Wildman–Crippen LogP) is 3.42. The minimum atomic E-state index is 0.748. The van der Waals surface area contributed by atoms with E-state index in [-0.39, 0.29) is 0 Å². The molecule has 106 valence electrons. The molecule has 0 amide bonds. The Labute approximate surface area is 114 Å². The third-order valence-corrected chi connectivity index (χ3v) is 5.33. The first-order chi connectivity index (χ1) is 8.76.